The minimum atomic E-state index is -3.95. The molecule has 0 aliphatic carbocycles. The zero-order valence-electron chi connectivity index (χ0n) is 10.7. The highest BCUT2D eigenvalue weighted by molar-refractivity contribution is 7.89. The number of hydrogen-bond donors (Lipinski definition) is 3. The van der Waals surface area contributed by atoms with Gasteiger partial charge in [-0.1, -0.05) is 0 Å². The molecule has 0 radical (unpaired) electrons. The Morgan fingerprint density at radius 3 is 2.67 bits per heavy atom. The number of carboxylic acids is 1. The monoisotopic (exact) mass is 308 g/mol. The van der Waals surface area contributed by atoms with E-state index in [0.29, 0.717) is 5.69 Å². The lowest BCUT2D eigenvalue weighted by Crippen LogP contribution is -2.14. The van der Waals surface area contributed by atoms with Crippen molar-refractivity contribution in [2.24, 2.45) is 5.14 Å². The second-order valence-corrected chi connectivity index (χ2v) is 5.67. The quantitative estimate of drug-likeness (QED) is 0.729. The van der Waals surface area contributed by atoms with Crippen LogP contribution in [0, 0.1) is 0 Å². The molecule has 2 rings (SSSR count). The average Bonchev–Trinajstić information content (AvgIpc) is 2.45. The van der Waals surface area contributed by atoms with Gasteiger partial charge in [-0.3, -0.25) is 0 Å². The van der Waals surface area contributed by atoms with Crippen LogP contribution in [0.4, 0.5) is 5.69 Å². The fourth-order valence-corrected chi connectivity index (χ4v) is 2.18. The Labute approximate surface area is 120 Å². The highest BCUT2D eigenvalue weighted by atomic mass is 32.2. The van der Waals surface area contributed by atoms with Gasteiger partial charge in [-0.05, 0) is 24.3 Å². The molecule has 110 valence electrons. The van der Waals surface area contributed by atoms with Crippen LogP contribution in [0.3, 0.4) is 0 Å². The molecule has 0 bridgehead atoms. The number of aromatic nitrogens is 2. The Morgan fingerprint density at radius 1 is 1.33 bits per heavy atom. The molecule has 0 atom stereocenters. The van der Waals surface area contributed by atoms with Crippen LogP contribution in [0.5, 0.6) is 0 Å². The first kappa shape index (κ1) is 14.9. The number of rotatable bonds is 5. The first-order chi connectivity index (χ1) is 9.88. The summed E-state index contributed by atoms with van der Waals surface area (Å²) in [7, 11) is -3.95. The molecular weight excluding hydrogens is 296 g/mol. The number of anilines is 1. The van der Waals surface area contributed by atoms with E-state index in [4.69, 9.17) is 10.2 Å². The number of carbonyl (C=O) groups is 1. The van der Waals surface area contributed by atoms with E-state index in [1.807, 2.05) is 0 Å². The van der Waals surface area contributed by atoms with Gasteiger partial charge in [0.15, 0.2) is 0 Å². The van der Waals surface area contributed by atoms with Crippen molar-refractivity contribution < 1.29 is 18.3 Å². The van der Waals surface area contributed by atoms with Crippen molar-refractivity contribution in [3.63, 3.8) is 0 Å². The van der Waals surface area contributed by atoms with Crippen molar-refractivity contribution in [2.45, 2.75) is 11.4 Å². The van der Waals surface area contributed by atoms with Crippen molar-refractivity contribution in [1.82, 2.24) is 9.97 Å². The molecule has 0 unspecified atom stereocenters. The lowest BCUT2D eigenvalue weighted by molar-refractivity contribution is 0.0697. The summed E-state index contributed by atoms with van der Waals surface area (Å²) in [6.07, 6.45) is 2.94. The molecule has 0 aliphatic heterocycles. The molecule has 0 saturated heterocycles. The van der Waals surface area contributed by atoms with Crippen LogP contribution in [-0.2, 0) is 16.6 Å². The third kappa shape index (κ3) is 3.74. The molecule has 9 heteroatoms. The summed E-state index contributed by atoms with van der Waals surface area (Å²) in [4.78, 5) is 18.7. The molecule has 0 fully saturated rings. The Hall–Kier alpha value is -2.52. The number of sulfonamides is 1. The average molecular weight is 308 g/mol. The number of hydrogen-bond acceptors (Lipinski definition) is 6. The van der Waals surface area contributed by atoms with Gasteiger partial charge >= 0.3 is 5.97 Å². The van der Waals surface area contributed by atoms with Gasteiger partial charge in [-0.2, -0.15) is 0 Å². The maximum Gasteiger partial charge on any atom is 0.337 e. The van der Waals surface area contributed by atoms with Crippen molar-refractivity contribution in [3.05, 3.63) is 48.0 Å². The molecule has 4 N–H and O–H groups in total. The minimum absolute atomic E-state index is 0.185. The van der Waals surface area contributed by atoms with Crippen LogP contribution in [0.25, 0.3) is 0 Å². The van der Waals surface area contributed by atoms with Gasteiger partial charge in [-0.25, -0.2) is 28.3 Å². The van der Waals surface area contributed by atoms with Crippen molar-refractivity contribution >= 4 is 21.7 Å². The van der Waals surface area contributed by atoms with E-state index in [-0.39, 0.29) is 22.7 Å². The van der Waals surface area contributed by atoms with Crippen LogP contribution < -0.4 is 10.5 Å². The molecule has 0 spiro atoms. The van der Waals surface area contributed by atoms with E-state index in [1.165, 1.54) is 18.5 Å². The molecule has 0 aliphatic rings. The summed E-state index contributed by atoms with van der Waals surface area (Å²) >= 11 is 0. The number of nitrogens with zero attached hydrogens (tertiary/aromatic N) is 2. The van der Waals surface area contributed by atoms with Gasteiger partial charge in [0, 0.05) is 11.9 Å². The van der Waals surface area contributed by atoms with Crippen LogP contribution in [0.1, 0.15) is 16.1 Å². The molecular formula is C12H12N4O4S. The molecule has 1 heterocycles. The van der Waals surface area contributed by atoms with Crippen molar-refractivity contribution in [1.29, 1.82) is 0 Å². The van der Waals surface area contributed by atoms with Gasteiger partial charge in [-0.15, -0.1) is 0 Å². The second kappa shape index (κ2) is 5.85. The lowest BCUT2D eigenvalue weighted by Gasteiger charge is -2.10. The first-order valence-corrected chi connectivity index (χ1v) is 7.31. The third-order valence-corrected chi connectivity index (χ3v) is 3.56. The minimum Gasteiger partial charge on any atom is -0.478 e. The van der Waals surface area contributed by atoms with E-state index in [2.05, 4.69) is 15.3 Å². The number of carboxylic acid groups (broad SMARTS) is 1. The molecule has 1 aromatic carbocycles. The summed E-state index contributed by atoms with van der Waals surface area (Å²) in [5, 5.41) is 17.0. The van der Waals surface area contributed by atoms with Crippen LogP contribution >= 0.6 is 0 Å². The number of aromatic carboxylic acids is 1. The maximum atomic E-state index is 11.2. The summed E-state index contributed by atoms with van der Waals surface area (Å²) in [6, 6.07) is 5.28. The van der Waals surface area contributed by atoms with Gasteiger partial charge in [0.1, 0.15) is 6.33 Å². The molecule has 0 saturated carbocycles. The van der Waals surface area contributed by atoms with E-state index in [1.54, 1.807) is 12.3 Å². The highest BCUT2D eigenvalue weighted by Crippen LogP contribution is 2.20. The smallest absolute Gasteiger partial charge is 0.337 e. The van der Waals surface area contributed by atoms with E-state index in [9.17, 15) is 13.2 Å². The maximum absolute atomic E-state index is 11.2. The van der Waals surface area contributed by atoms with Gasteiger partial charge in [0.25, 0.3) is 0 Å². The number of nitrogens with two attached hydrogens (primary N) is 1. The molecule has 21 heavy (non-hydrogen) atoms. The predicted molar refractivity (Wildman–Crippen MR) is 74.1 cm³/mol. The van der Waals surface area contributed by atoms with E-state index < -0.39 is 16.0 Å². The molecule has 2 aromatic rings. The largest absolute Gasteiger partial charge is 0.478 e. The van der Waals surface area contributed by atoms with E-state index >= 15 is 0 Å². The lowest BCUT2D eigenvalue weighted by atomic mass is 10.1. The Bertz CT molecular complexity index is 762. The predicted octanol–water partition coefficient (Wildman–Crippen LogP) is 0.434. The van der Waals surface area contributed by atoms with Gasteiger partial charge in [0.2, 0.25) is 10.0 Å². The Kier molecular flexibility index (Phi) is 4.15. The van der Waals surface area contributed by atoms with Gasteiger partial charge in [0.05, 0.1) is 22.7 Å². The van der Waals surface area contributed by atoms with E-state index in [0.717, 1.165) is 6.07 Å². The standard InChI is InChI=1S/C12H12N4O4S/c13-21(19,20)9-1-2-11(10(5-9)12(17)18)15-6-8-3-4-14-7-16-8/h1-5,7,15H,6H2,(H,17,18)(H2,13,19,20). The van der Waals surface area contributed by atoms with Crippen LogP contribution in [0.2, 0.25) is 0 Å². The molecule has 1 aromatic heterocycles. The van der Waals surface area contributed by atoms with Gasteiger partial charge < -0.3 is 10.4 Å². The zero-order valence-corrected chi connectivity index (χ0v) is 11.5. The Balaban J connectivity index is 2.29. The second-order valence-electron chi connectivity index (χ2n) is 4.11. The number of primary sulfonamides is 1. The normalized spacial score (nSPS) is 11.1. The third-order valence-electron chi connectivity index (χ3n) is 2.65. The zero-order chi connectivity index (χ0) is 15.5. The van der Waals surface area contributed by atoms with Crippen molar-refractivity contribution in [3.8, 4) is 0 Å². The topological polar surface area (TPSA) is 135 Å². The number of nitrogens with one attached hydrogen (secondary N) is 1. The summed E-state index contributed by atoms with van der Waals surface area (Å²) in [5.41, 5.74) is 0.751. The Morgan fingerprint density at radius 2 is 2.10 bits per heavy atom. The SMILES string of the molecule is NS(=O)(=O)c1ccc(NCc2ccncn2)c(C(=O)O)c1. The summed E-state index contributed by atoms with van der Waals surface area (Å²) < 4.78 is 22.5. The fourth-order valence-electron chi connectivity index (χ4n) is 1.64. The summed E-state index contributed by atoms with van der Waals surface area (Å²) in [6.45, 7) is 0.275. The number of benzene rings is 1. The summed E-state index contributed by atoms with van der Waals surface area (Å²) in [5.74, 6) is -1.26. The molecule has 0 amide bonds. The van der Waals surface area contributed by atoms with Crippen LogP contribution in [0.15, 0.2) is 41.7 Å². The van der Waals surface area contributed by atoms with Crippen LogP contribution in [-0.4, -0.2) is 29.5 Å². The van der Waals surface area contributed by atoms with Crippen molar-refractivity contribution in [2.75, 3.05) is 5.32 Å². The highest BCUT2D eigenvalue weighted by Gasteiger charge is 2.15. The first-order valence-electron chi connectivity index (χ1n) is 5.77. The molecule has 8 nitrogen and oxygen atoms in total. The fraction of sp³-hybridized carbons (Fsp3) is 0.0833.